The smallest absolute Gasteiger partial charge is 0.258 e. The maximum atomic E-state index is 12.4. The van der Waals surface area contributed by atoms with Crippen molar-refractivity contribution in [3.8, 4) is 17.2 Å². The molecule has 0 fully saturated rings. The van der Waals surface area contributed by atoms with E-state index in [4.69, 9.17) is 25.8 Å². The van der Waals surface area contributed by atoms with Crippen molar-refractivity contribution in [3.05, 3.63) is 82.9 Å². The van der Waals surface area contributed by atoms with Gasteiger partial charge in [-0.25, -0.2) is 8.42 Å². The second-order valence-corrected chi connectivity index (χ2v) is 10.4. The van der Waals surface area contributed by atoms with Crippen LogP contribution < -0.4 is 23.8 Å². The number of anilines is 1. The molecule has 0 heterocycles. The van der Waals surface area contributed by atoms with Crippen molar-refractivity contribution in [3.63, 3.8) is 0 Å². The van der Waals surface area contributed by atoms with E-state index in [2.05, 4.69) is 5.32 Å². The maximum absolute atomic E-state index is 12.4. The third kappa shape index (κ3) is 7.29. The van der Waals surface area contributed by atoms with Crippen LogP contribution >= 0.6 is 11.6 Å². The molecule has 0 unspecified atom stereocenters. The number of benzene rings is 3. The van der Waals surface area contributed by atoms with Gasteiger partial charge in [0.05, 0.1) is 38.7 Å². The molecule has 0 saturated heterocycles. The molecule has 0 bridgehead atoms. The Morgan fingerprint density at radius 3 is 2.19 bits per heavy atom. The molecule has 0 aliphatic carbocycles. The minimum Gasteiger partial charge on any atom is -0.493 e. The normalized spacial score (nSPS) is 11.9. The predicted octanol–water partition coefficient (Wildman–Crippen LogP) is 4.58. The van der Waals surface area contributed by atoms with Gasteiger partial charge >= 0.3 is 0 Å². The summed E-state index contributed by atoms with van der Waals surface area (Å²) in [4.78, 5) is 12.4. The van der Waals surface area contributed by atoms with Crippen LogP contribution in [0, 0.1) is 0 Å². The van der Waals surface area contributed by atoms with E-state index in [-0.39, 0.29) is 25.1 Å². The first-order valence-corrected chi connectivity index (χ1v) is 13.3. The first kappa shape index (κ1) is 27.2. The third-order valence-corrected chi connectivity index (χ3v) is 6.81. The van der Waals surface area contributed by atoms with Crippen molar-refractivity contribution in [1.29, 1.82) is 0 Å². The zero-order chi connectivity index (χ0) is 26.3. The van der Waals surface area contributed by atoms with Crippen LogP contribution in [0.3, 0.4) is 0 Å². The van der Waals surface area contributed by atoms with Crippen LogP contribution in [-0.4, -0.2) is 41.4 Å². The molecular weight excluding hydrogens is 504 g/mol. The molecule has 1 N–H and O–H groups in total. The molecular formula is C26H29ClN2O6S. The largest absolute Gasteiger partial charge is 0.493 e. The summed E-state index contributed by atoms with van der Waals surface area (Å²) in [6, 6.07) is 18.7. The average Bonchev–Trinajstić information content (AvgIpc) is 2.86. The summed E-state index contributed by atoms with van der Waals surface area (Å²) in [6.45, 7) is 1.82. The van der Waals surface area contributed by atoms with E-state index in [1.807, 2.05) is 13.0 Å². The number of nitrogens with zero attached hydrogens (tertiary/aromatic N) is 1. The lowest BCUT2D eigenvalue weighted by molar-refractivity contribution is -0.123. The van der Waals surface area contributed by atoms with Crippen LogP contribution in [0.15, 0.2) is 66.7 Å². The lowest BCUT2D eigenvalue weighted by Gasteiger charge is -2.23. The van der Waals surface area contributed by atoms with Gasteiger partial charge in [-0.2, -0.15) is 0 Å². The summed E-state index contributed by atoms with van der Waals surface area (Å²) < 4.78 is 42.2. The number of carbonyl (C=O) groups is 1. The fourth-order valence-electron chi connectivity index (χ4n) is 3.50. The lowest BCUT2D eigenvalue weighted by Crippen LogP contribution is -2.31. The summed E-state index contributed by atoms with van der Waals surface area (Å²) in [6.07, 6.45) is 1.15. The summed E-state index contributed by atoms with van der Waals surface area (Å²) in [7, 11) is -0.423. The molecule has 3 aromatic carbocycles. The number of ether oxygens (including phenoxy) is 3. The Balaban J connectivity index is 1.60. The molecule has 0 aromatic heterocycles. The Bertz CT molecular complexity index is 1280. The molecule has 0 radical (unpaired) electrons. The molecule has 0 aliphatic heterocycles. The fraction of sp³-hybridized carbons (Fsp3) is 0.269. The highest BCUT2D eigenvalue weighted by Crippen LogP contribution is 2.30. The van der Waals surface area contributed by atoms with Gasteiger partial charge in [0.1, 0.15) is 5.75 Å². The summed E-state index contributed by atoms with van der Waals surface area (Å²) in [5.41, 5.74) is 2.13. The van der Waals surface area contributed by atoms with E-state index in [0.717, 1.165) is 17.4 Å². The number of carbonyl (C=O) groups excluding carboxylic acids is 1. The second kappa shape index (κ2) is 12.0. The van der Waals surface area contributed by atoms with Crippen LogP contribution in [0.2, 0.25) is 5.02 Å². The number of methoxy groups -OCH3 is 2. The molecule has 0 saturated carbocycles. The molecule has 8 nitrogen and oxygen atoms in total. The van der Waals surface area contributed by atoms with Gasteiger partial charge in [0.15, 0.2) is 18.1 Å². The van der Waals surface area contributed by atoms with Gasteiger partial charge in [-0.15, -0.1) is 0 Å². The zero-order valence-electron chi connectivity index (χ0n) is 20.5. The van der Waals surface area contributed by atoms with Crippen molar-refractivity contribution in [2.75, 3.05) is 31.4 Å². The van der Waals surface area contributed by atoms with E-state index in [1.54, 1.807) is 74.9 Å². The van der Waals surface area contributed by atoms with E-state index < -0.39 is 10.0 Å². The minimum absolute atomic E-state index is 0.159. The zero-order valence-corrected chi connectivity index (χ0v) is 22.1. The Labute approximate surface area is 216 Å². The van der Waals surface area contributed by atoms with E-state index in [1.165, 1.54) is 4.31 Å². The molecule has 3 rings (SSSR count). The number of amides is 1. The first-order chi connectivity index (χ1) is 17.1. The molecule has 1 atom stereocenters. The van der Waals surface area contributed by atoms with Gasteiger partial charge in [0.2, 0.25) is 10.0 Å². The van der Waals surface area contributed by atoms with E-state index in [9.17, 15) is 13.2 Å². The Morgan fingerprint density at radius 2 is 1.61 bits per heavy atom. The van der Waals surface area contributed by atoms with Crippen molar-refractivity contribution >= 4 is 33.2 Å². The Hall–Kier alpha value is -3.43. The van der Waals surface area contributed by atoms with Gasteiger partial charge in [-0.05, 0) is 66.6 Å². The third-order valence-electron chi connectivity index (χ3n) is 5.42. The summed E-state index contributed by atoms with van der Waals surface area (Å²) in [5.74, 6) is 1.32. The van der Waals surface area contributed by atoms with Gasteiger partial charge in [0, 0.05) is 5.02 Å². The number of hydrogen-bond acceptors (Lipinski definition) is 6. The summed E-state index contributed by atoms with van der Waals surface area (Å²) in [5, 5.41) is 3.46. The topological polar surface area (TPSA) is 94.2 Å². The van der Waals surface area contributed by atoms with Crippen molar-refractivity contribution in [2.45, 2.75) is 19.5 Å². The van der Waals surface area contributed by atoms with Crippen LogP contribution in [0.4, 0.5) is 5.69 Å². The number of halogens is 1. The first-order valence-electron chi connectivity index (χ1n) is 11.1. The highest BCUT2D eigenvalue weighted by atomic mass is 35.5. The molecule has 0 aliphatic rings. The second-order valence-electron chi connectivity index (χ2n) is 8.08. The van der Waals surface area contributed by atoms with Crippen molar-refractivity contribution in [1.82, 2.24) is 5.32 Å². The number of rotatable bonds is 11. The van der Waals surface area contributed by atoms with Crippen molar-refractivity contribution < 1.29 is 27.4 Å². The number of nitrogens with one attached hydrogen (secondary N) is 1. The molecule has 192 valence electrons. The molecule has 3 aromatic rings. The predicted molar refractivity (Wildman–Crippen MR) is 141 cm³/mol. The summed E-state index contributed by atoms with van der Waals surface area (Å²) >= 11 is 5.92. The quantitative estimate of drug-likeness (QED) is 0.388. The van der Waals surface area contributed by atoms with Gasteiger partial charge in [-0.3, -0.25) is 9.10 Å². The minimum atomic E-state index is -3.54. The van der Waals surface area contributed by atoms with Crippen LogP contribution in [0.5, 0.6) is 17.2 Å². The Kier molecular flexibility index (Phi) is 9.06. The van der Waals surface area contributed by atoms with Gasteiger partial charge in [-0.1, -0.05) is 29.8 Å². The van der Waals surface area contributed by atoms with Crippen LogP contribution in [0.25, 0.3) is 0 Å². The van der Waals surface area contributed by atoms with Crippen LogP contribution in [-0.2, 0) is 21.4 Å². The molecule has 1 amide bonds. The van der Waals surface area contributed by atoms with Gasteiger partial charge in [0.25, 0.3) is 5.91 Å². The van der Waals surface area contributed by atoms with Gasteiger partial charge < -0.3 is 19.5 Å². The molecule has 0 spiro atoms. The number of hydrogen-bond donors (Lipinski definition) is 1. The highest BCUT2D eigenvalue weighted by molar-refractivity contribution is 7.92. The average molecular weight is 533 g/mol. The number of sulfonamides is 1. The standard InChI is InChI=1S/C26H29ClN2O6S/c1-18(20-7-14-24(33-2)25(15-20)34-3)28-26(30)17-35-23-12-10-22(11-13-23)29(36(4,31)32)16-19-5-8-21(27)9-6-19/h5-15,18H,16-17H2,1-4H3,(H,28,30)/t18-/m1/s1. The van der Waals surface area contributed by atoms with E-state index in [0.29, 0.717) is 28.0 Å². The van der Waals surface area contributed by atoms with Crippen LogP contribution in [0.1, 0.15) is 24.1 Å². The van der Waals surface area contributed by atoms with Crippen molar-refractivity contribution in [2.24, 2.45) is 0 Å². The SMILES string of the molecule is COc1ccc([C@@H](C)NC(=O)COc2ccc(N(Cc3ccc(Cl)cc3)S(C)(=O)=O)cc2)cc1OC. The lowest BCUT2D eigenvalue weighted by atomic mass is 10.1. The Morgan fingerprint density at radius 1 is 0.972 bits per heavy atom. The van der Waals surface area contributed by atoms with E-state index >= 15 is 0 Å². The maximum Gasteiger partial charge on any atom is 0.258 e. The monoisotopic (exact) mass is 532 g/mol. The molecule has 10 heteroatoms. The fourth-order valence-corrected chi connectivity index (χ4v) is 4.52. The highest BCUT2D eigenvalue weighted by Gasteiger charge is 2.18. The molecule has 36 heavy (non-hydrogen) atoms.